The van der Waals surface area contributed by atoms with Gasteiger partial charge < -0.3 is 5.11 Å². The summed E-state index contributed by atoms with van der Waals surface area (Å²) in [6.45, 7) is 4.25. The number of aromatic nitrogens is 2. The fraction of sp³-hybridized carbons (Fsp3) is 0.375. The van der Waals surface area contributed by atoms with Gasteiger partial charge in [-0.25, -0.2) is 9.75 Å². The first-order valence-electron chi connectivity index (χ1n) is 7.28. The zero-order valence-corrected chi connectivity index (χ0v) is 12.7. The van der Waals surface area contributed by atoms with E-state index in [1.54, 1.807) is 0 Å². The number of carbonyl (C=O) groups is 1. The molecule has 116 valence electrons. The Morgan fingerprint density at radius 2 is 2.09 bits per heavy atom. The highest BCUT2D eigenvalue weighted by molar-refractivity contribution is 5.78. The Bertz CT molecular complexity index is 681. The predicted octanol–water partition coefficient (Wildman–Crippen LogP) is 1.17. The Labute approximate surface area is 128 Å². The van der Waals surface area contributed by atoms with Gasteiger partial charge in [0.25, 0.3) is 5.91 Å². The normalized spacial score (nSPS) is 18.0. The molecular formula is C16H19N3O3. The molecule has 1 amide bonds. The van der Waals surface area contributed by atoms with E-state index in [2.05, 4.69) is 5.10 Å². The molecule has 0 bridgehead atoms. The van der Waals surface area contributed by atoms with Crippen LogP contribution in [0.3, 0.4) is 0 Å². The number of rotatable bonds is 3. The van der Waals surface area contributed by atoms with Gasteiger partial charge in [0, 0.05) is 11.3 Å². The largest absolute Gasteiger partial charge is 0.389 e. The fourth-order valence-electron chi connectivity index (χ4n) is 2.64. The average Bonchev–Trinajstić information content (AvgIpc) is 3.07. The lowest BCUT2D eigenvalue weighted by Gasteiger charge is -2.13. The number of aryl methyl sites for hydroxylation is 1. The second-order valence-corrected chi connectivity index (χ2v) is 5.48. The first-order chi connectivity index (χ1) is 10.6. The third kappa shape index (κ3) is 2.75. The fourth-order valence-corrected chi connectivity index (χ4v) is 2.64. The van der Waals surface area contributed by atoms with Gasteiger partial charge in [0.05, 0.1) is 30.5 Å². The molecule has 1 aromatic carbocycles. The molecule has 1 N–H and O–H groups in total. The molecule has 1 atom stereocenters. The highest BCUT2D eigenvalue weighted by Crippen LogP contribution is 2.19. The van der Waals surface area contributed by atoms with E-state index in [0.29, 0.717) is 0 Å². The maximum absolute atomic E-state index is 12.3. The number of aliphatic hydroxyl groups is 1. The summed E-state index contributed by atoms with van der Waals surface area (Å²) in [5.74, 6) is -0.157. The number of amides is 1. The van der Waals surface area contributed by atoms with Crippen molar-refractivity contribution in [2.24, 2.45) is 0 Å². The maximum Gasteiger partial charge on any atom is 0.250 e. The maximum atomic E-state index is 12.3. The average molecular weight is 301 g/mol. The van der Waals surface area contributed by atoms with Crippen molar-refractivity contribution >= 4 is 5.91 Å². The molecule has 1 aliphatic rings. The molecule has 2 aromatic rings. The van der Waals surface area contributed by atoms with Crippen LogP contribution in [0.4, 0.5) is 0 Å². The van der Waals surface area contributed by atoms with Gasteiger partial charge in [0.15, 0.2) is 0 Å². The summed E-state index contributed by atoms with van der Waals surface area (Å²) in [4.78, 5) is 17.4. The summed E-state index contributed by atoms with van der Waals surface area (Å²) in [7, 11) is 0. The van der Waals surface area contributed by atoms with E-state index in [-0.39, 0.29) is 25.5 Å². The number of aliphatic hydroxyl groups excluding tert-OH is 1. The van der Waals surface area contributed by atoms with Gasteiger partial charge in [0.2, 0.25) is 0 Å². The van der Waals surface area contributed by atoms with E-state index < -0.39 is 6.10 Å². The predicted molar refractivity (Wildman–Crippen MR) is 80.4 cm³/mol. The van der Waals surface area contributed by atoms with Gasteiger partial charge in [-0.1, -0.05) is 18.2 Å². The van der Waals surface area contributed by atoms with E-state index in [9.17, 15) is 9.90 Å². The number of hydrogen-bond acceptors (Lipinski definition) is 4. The molecule has 1 aliphatic heterocycles. The lowest BCUT2D eigenvalue weighted by Crippen LogP contribution is -2.30. The molecule has 0 spiro atoms. The van der Waals surface area contributed by atoms with Crippen LogP contribution in [0.1, 0.15) is 17.0 Å². The lowest BCUT2D eigenvalue weighted by atomic mass is 10.1. The summed E-state index contributed by atoms with van der Waals surface area (Å²) < 4.78 is 1.84. The van der Waals surface area contributed by atoms with Crippen molar-refractivity contribution < 1.29 is 14.7 Å². The molecular weight excluding hydrogens is 282 g/mol. The Kier molecular flexibility index (Phi) is 3.96. The SMILES string of the molecule is Cc1nn(-c2ccccc2)c(C)c1CC(=O)N1CC(O)CO1. The standard InChI is InChI=1S/C16H19N3O3/c1-11-15(8-16(21)18-9-14(20)10-22-18)12(2)19(17-11)13-6-4-3-5-7-13/h3-7,14,20H,8-10H2,1-2H3. The molecule has 0 saturated carbocycles. The zero-order chi connectivity index (χ0) is 15.7. The van der Waals surface area contributed by atoms with Gasteiger partial charge in [-0.15, -0.1) is 0 Å². The van der Waals surface area contributed by atoms with E-state index in [1.165, 1.54) is 5.06 Å². The van der Waals surface area contributed by atoms with Crippen molar-refractivity contribution in [3.05, 3.63) is 47.3 Å². The Hall–Kier alpha value is -2.18. The molecule has 6 heteroatoms. The molecule has 1 fully saturated rings. The first-order valence-corrected chi connectivity index (χ1v) is 7.28. The van der Waals surface area contributed by atoms with Crippen LogP contribution in [0.15, 0.2) is 30.3 Å². The van der Waals surface area contributed by atoms with E-state index in [4.69, 9.17) is 4.84 Å². The minimum atomic E-state index is -0.599. The molecule has 1 aromatic heterocycles. The minimum absolute atomic E-state index is 0.157. The topological polar surface area (TPSA) is 67.6 Å². The van der Waals surface area contributed by atoms with Crippen LogP contribution in [0, 0.1) is 13.8 Å². The molecule has 1 unspecified atom stereocenters. The highest BCUT2D eigenvalue weighted by atomic mass is 16.7. The molecule has 0 radical (unpaired) electrons. The van der Waals surface area contributed by atoms with Gasteiger partial charge >= 0.3 is 0 Å². The lowest BCUT2D eigenvalue weighted by molar-refractivity contribution is -0.167. The molecule has 0 aliphatic carbocycles. The molecule has 1 saturated heterocycles. The number of benzene rings is 1. The zero-order valence-electron chi connectivity index (χ0n) is 12.7. The van der Waals surface area contributed by atoms with Crippen molar-refractivity contribution in [3.63, 3.8) is 0 Å². The smallest absolute Gasteiger partial charge is 0.250 e. The first kappa shape index (κ1) is 14.7. The van der Waals surface area contributed by atoms with Crippen LogP contribution < -0.4 is 0 Å². The van der Waals surface area contributed by atoms with Crippen LogP contribution in [0.2, 0.25) is 0 Å². The van der Waals surface area contributed by atoms with Gasteiger partial charge in [-0.3, -0.25) is 9.63 Å². The number of hydrogen-bond donors (Lipinski definition) is 1. The van der Waals surface area contributed by atoms with Crippen molar-refractivity contribution in [1.29, 1.82) is 0 Å². The van der Waals surface area contributed by atoms with Crippen LogP contribution in [0.5, 0.6) is 0 Å². The third-order valence-electron chi connectivity index (χ3n) is 3.85. The third-order valence-corrected chi connectivity index (χ3v) is 3.85. The van der Waals surface area contributed by atoms with Crippen LogP contribution in [0.25, 0.3) is 5.69 Å². The van der Waals surface area contributed by atoms with Gasteiger partial charge in [-0.05, 0) is 26.0 Å². The van der Waals surface area contributed by atoms with Crippen molar-refractivity contribution in [2.45, 2.75) is 26.4 Å². The second-order valence-electron chi connectivity index (χ2n) is 5.48. The van der Waals surface area contributed by atoms with Crippen LogP contribution in [-0.4, -0.2) is 45.1 Å². The van der Waals surface area contributed by atoms with Crippen molar-refractivity contribution in [3.8, 4) is 5.69 Å². The quantitative estimate of drug-likeness (QED) is 0.924. The van der Waals surface area contributed by atoms with Gasteiger partial charge in [0.1, 0.15) is 6.61 Å². The number of β-amino-alcohol motifs (C(OH)–C–C–N with tert-alkyl or cyclic N) is 1. The number of nitrogens with zero attached hydrogens (tertiary/aromatic N) is 3. The highest BCUT2D eigenvalue weighted by Gasteiger charge is 2.27. The summed E-state index contributed by atoms with van der Waals surface area (Å²) in [5.41, 5.74) is 3.64. The molecule has 3 rings (SSSR count). The number of carbonyl (C=O) groups excluding carboxylic acids is 1. The second kappa shape index (κ2) is 5.90. The van der Waals surface area contributed by atoms with Crippen molar-refractivity contribution in [1.82, 2.24) is 14.8 Å². The van der Waals surface area contributed by atoms with E-state index in [1.807, 2.05) is 48.9 Å². The monoisotopic (exact) mass is 301 g/mol. The summed E-state index contributed by atoms with van der Waals surface area (Å²) in [6.07, 6.45) is -0.379. The Morgan fingerprint density at radius 1 is 1.36 bits per heavy atom. The molecule has 22 heavy (non-hydrogen) atoms. The summed E-state index contributed by atoms with van der Waals surface area (Å²) >= 11 is 0. The summed E-state index contributed by atoms with van der Waals surface area (Å²) in [5, 5.41) is 15.2. The molecule has 2 heterocycles. The summed E-state index contributed by atoms with van der Waals surface area (Å²) in [6, 6.07) is 9.82. The Balaban J connectivity index is 1.83. The van der Waals surface area contributed by atoms with Crippen LogP contribution in [-0.2, 0) is 16.1 Å². The van der Waals surface area contributed by atoms with Crippen LogP contribution >= 0.6 is 0 Å². The van der Waals surface area contributed by atoms with Gasteiger partial charge in [-0.2, -0.15) is 5.10 Å². The Morgan fingerprint density at radius 3 is 2.73 bits per heavy atom. The van der Waals surface area contributed by atoms with Crippen molar-refractivity contribution in [2.75, 3.05) is 13.2 Å². The number of hydroxylamine groups is 2. The number of para-hydroxylation sites is 1. The molecule has 6 nitrogen and oxygen atoms in total. The van der Waals surface area contributed by atoms with E-state index in [0.717, 1.165) is 22.6 Å². The minimum Gasteiger partial charge on any atom is -0.389 e. The van der Waals surface area contributed by atoms with E-state index >= 15 is 0 Å².